The van der Waals surface area contributed by atoms with E-state index < -0.39 is 37.9 Å². The lowest BCUT2D eigenvalue weighted by Crippen LogP contribution is -2.61. The number of rotatable bonds is 13. The molecule has 6 rings (SSSR count). The summed E-state index contributed by atoms with van der Waals surface area (Å²) in [6.07, 6.45) is 20.4. The molecule has 6 fully saturated rings. The lowest BCUT2D eigenvalue weighted by atomic mass is 9.67. The number of Topliss-reactive ketones (excluding diaryl/α,β-unsaturated/α-hetero) is 1. The summed E-state index contributed by atoms with van der Waals surface area (Å²) < 4.78 is 26.1. The number of ketones is 1. The summed E-state index contributed by atoms with van der Waals surface area (Å²) in [5.74, 6) is -0.608. The number of amides is 4. The van der Waals surface area contributed by atoms with E-state index in [1.54, 1.807) is 20.8 Å². The van der Waals surface area contributed by atoms with Crippen LogP contribution in [-0.4, -0.2) is 60.2 Å². The number of carbonyl (C=O) groups is 4. The second-order valence-electron chi connectivity index (χ2n) is 19.7. The summed E-state index contributed by atoms with van der Waals surface area (Å²) >= 11 is 0. The Balaban J connectivity index is 1.19. The summed E-state index contributed by atoms with van der Waals surface area (Å²) in [5, 5.41) is 9.82. The first-order valence-electron chi connectivity index (χ1n) is 20.9. The third-order valence-electron chi connectivity index (χ3n) is 14.9. The van der Waals surface area contributed by atoms with E-state index in [4.69, 9.17) is 5.73 Å². The van der Waals surface area contributed by atoms with Gasteiger partial charge in [0.15, 0.2) is 9.84 Å². The molecule has 52 heavy (non-hydrogen) atoms. The molecule has 0 saturated heterocycles. The van der Waals surface area contributed by atoms with E-state index in [-0.39, 0.29) is 41.0 Å². The molecule has 6 aliphatic carbocycles. The Morgan fingerprint density at radius 3 is 1.96 bits per heavy atom. The first-order valence-corrected chi connectivity index (χ1v) is 22.6. The minimum atomic E-state index is -3.45. The Hall–Kier alpha value is -2.17. The van der Waals surface area contributed by atoms with Gasteiger partial charge >= 0.3 is 6.03 Å². The van der Waals surface area contributed by atoms with Crippen LogP contribution in [0.15, 0.2) is 0 Å². The van der Waals surface area contributed by atoms with Crippen molar-refractivity contribution in [3.8, 4) is 0 Å². The van der Waals surface area contributed by atoms with Crippen molar-refractivity contribution >= 4 is 33.5 Å². The van der Waals surface area contributed by atoms with E-state index in [9.17, 15) is 27.6 Å². The molecule has 6 saturated carbocycles. The maximum atomic E-state index is 14.1. The van der Waals surface area contributed by atoms with Crippen molar-refractivity contribution < 1.29 is 27.6 Å². The van der Waals surface area contributed by atoms with Gasteiger partial charge in [0.2, 0.25) is 11.7 Å². The summed E-state index contributed by atoms with van der Waals surface area (Å²) in [6, 6.07) is -1.14. The number of urea groups is 1. The summed E-state index contributed by atoms with van der Waals surface area (Å²) in [4.78, 5) is 52.9. The van der Waals surface area contributed by atoms with Crippen LogP contribution in [0.25, 0.3) is 0 Å². The van der Waals surface area contributed by atoms with Crippen molar-refractivity contribution in [3.63, 3.8) is 0 Å². The average molecular weight is 745 g/mol. The summed E-state index contributed by atoms with van der Waals surface area (Å²) in [7, 11) is -3.45. The molecular weight excluding hydrogens is 677 g/mol. The quantitative estimate of drug-likeness (QED) is 0.158. The molecule has 1 spiro atoms. The maximum absolute atomic E-state index is 14.1. The van der Waals surface area contributed by atoms with Crippen molar-refractivity contribution in [1.82, 2.24) is 16.0 Å². The van der Waals surface area contributed by atoms with Crippen LogP contribution >= 0.6 is 0 Å². The van der Waals surface area contributed by atoms with Gasteiger partial charge in [-0.15, -0.1) is 0 Å². The third kappa shape index (κ3) is 8.86. The molecule has 5 N–H and O–H groups in total. The number of carbonyl (C=O) groups excluding carboxylic acids is 4. The highest BCUT2D eigenvalue weighted by Crippen LogP contribution is 2.67. The normalized spacial score (nSPS) is 30.6. The van der Waals surface area contributed by atoms with Crippen molar-refractivity contribution in [1.29, 1.82) is 0 Å². The van der Waals surface area contributed by atoms with Crippen LogP contribution in [0.3, 0.4) is 0 Å². The molecule has 4 amide bonds. The molecule has 2 unspecified atom stereocenters. The molecule has 0 radical (unpaired) electrons. The van der Waals surface area contributed by atoms with E-state index in [0.717, 1.165) is 96.3 Å². The largest absolute Gasteiger partial charge is 0.363 e. The molecule has 0 heterocycles. The fourth-order valence-electron chi connectivity index (χ4n) is 11.1. The lowest BCUT2D eigenvalue weighted by Gasteiger charge is -2.44. The Kier molecular flexibility index (Phi) is 11.5. The summed E-state index contributed by atoms with van der Waals surface area (Å²) in [6.45, 7) is 7.57. The molecule has 6 atom stereocenters. The third-order valence-corrected chi connectivity index (χ3v) is 17.7. The second-order valence-corrected chi connectivity index (χ2v) is 22.5. The highest BCUT2D eigenvalue weighted by atomic mass is 32.2. The van der Waals surface area contributed by atoms with Gasteiger partial charge in [-0.1, -0.05) is 58.3 Å². The molecule has 6 aliphatic rings. The fourth-order valence-corrected chi connectivity index (χ4v) is 12.6. The van der Waals surface area contributed by atoms with E-state index in [1.807, 2.05) is 0 Å². The zero-order chi connectivity index (χ0) is 37.5. The van der Waals surface area contributed by atoms with Crippen LogP contribution in [0.2, 0.25) is 0 Å². The SMILES string of the molecule is CC1([C@@H](CC2CC[C@H](C(=O)NC(CC3CC3)C(=O)C(N)=O)[C@H]3CCC4(CC4)[C@H]3C2)NC(=O)NC2(CS(=O)(=O)C(C)(C)C)CCCCC2)CCCCC1. The van der Waals surface area contributed by atoms with Crippen LogP contribution < -0.4 is 21.7 Å². The van der Waals surface area contributed by atoms with Crippen molar-refractivity contribution in [2.75, 3.05) is 5.75 Å². The molecule has 294 valence electrons. The van der Waals surface area contributed by atoms with Gasteiger partial charge in [-0.25, -0.2) is 13.2 Å². The molecule has 0 aliphatic heterocycles. The topological polar surface area (TPSA) is 165 Å². The number of primary amides is 1. The Labute approximate surface area is 313 Å². The van der Waals surface area contributed by atoms with Gasteiger partial charge in [-0.05, 0) is 139 Å². The van der Waals surface area contributed by atoms with Gasteiger partial charge in [0.25, 0.3) is 5.91 Å². The van der Waals surface area contributed by atoms with Gasteiger partial charge in [-0.3, -0.25) is 14.4 Å². The minimum absolute atomic E-state index is 0.0391. The van der Waals surface area contributed by atoms with Gasteiger partial charge in [0.05, 0.1) is 22.1 Å². The number of nitrogens with two attached hydrogens (primary N) is 1. The predicted octanol–water partition coefficient (Wildman–Crippen LogP) is 6.49. The van der Waals surface area contributed by atoms with Gasteiger partial charge in [0.1, 0.15) is 0 Å². The molecule has 11 heteroatoms. The first-order chi connectivity index (χ1) is 24.4. The molecule has 0 aromatic carbocycles. The number of nitrogens with one attached hydrogen (secondary N) is 3. The number of hydrogen-bond acceptors (Lipinski definition) is 6. The number of sulfone groups is 1. The zero-order valence-corrected chi connectivity index (χ0v) is 33.3. The van der Waals surface area contributed by atoms with E-state index in [2.05, 4.69) is 22.9 Å². The van der Waals surface area contributed by atoms with Crippen molar-refractivity contribution in [2.45, 2.75) is 185 Å². The highest BCUT2D eigenvalue weighted by molar-refractivity contribution is 7.92. The fraction of sp³-hybridized carbons (Fsp3) is 0.902. The molecule has 10 nitrogen and oxygen atoms in total. The number of fused-ring (bicyclic) bond motifs is 2. The summed E-state index contributed by atoms with van der Waals surface area (Å²) in [5.41, 5.74) is 4.90. The average Bonchev–Trinajstić information content (AvgIpc) is 3.99. The predicted molar refractivity (Wildman–Crippen MR) is 203 cm³/mol. The van der Waals surface area contributed by atoms with Crippen LogP contribution in [0.5, 0.6) is 0 Å². The van der Waals surface area contributed by atoms with Gasteiger partial charge < -0.3 is 21.7 Å². The van der Waals surface area contributed by atoms with Gasteiger partial charge in [0, 0.05) is 12.0 Å². The second kappa shape index (κ2) is 15.2. The van der Waals surface area contributed by atoms with Crippen LogP contribution in [-0.2, 0) is 24.2 Å². The smallest absolute Gasteiger partial charge is 0.315 e. The van der Waals surface area contributed by atoms with Crippen molar-refractivity contribution in [2.24, 2.45) is 46.2 Å². The maximum Gasteiger partial charge on any atom is 0.315 e. The Morgan fingerprint density at radius 1 is 0.769 bits per heavy atom. The molecule has 0 aromatic heterocycles. The monoisotopic (exact) mass is 744 g/mol. The minimum Gasteiger partial charge on any atom is -0.363 e. The Bertz CT molecular complexity index is 1450. The molecule has 0 bridgehead atoms. The van der Waals surface area contributed by atoms with Crippen LogP contribution in [0, 0.1) is 40.4 Å². The lowest BCUT2D eigenvalue weighted by molar-refractivity contribution is -0.139. The van der Waals surface area contributed by atoms with Crippen LogP contribution in [0.1, 0.15) is 163 Å². The van der Waals surface area contributed by atoms with E-state index >= 15 is 0 Å². The van der Waals surface area contributed by atoms with Gasteiger partial charge in [-0.2, -0.15) is 0 Å². The first kappa shape index (κ1) is 39.5. The standard InChI is InChI=1S/C41H68N4O6S/c1-38(2,3)52(50,51)26-41(18-9-6-10-19-41)45-37(49)44-33(39(4)16-7-5-8-17-39)25-28-13-14-30(29-15-20-40(21-22-40)31(29)23-28)36(48)43-32(24-27-11-12-27)34(46)35(42)47/h27-33H,5-26H2,1-4H3,(H2,42,47)(H,43,48)(H2,44,45,49)/t28?,29-,30+,31+,32?,33-/m1/s1. The molecular formula is C41H68N4O6S. The van der Waals surface area contributed by atoms with Crippen molar-refractivity contribution in [3.05, 3.63) is 0 Å². The highest BCUT2D eigenvalue weighted by Gasteiger charge is 2.59. The number of hydrogen-bond donors (Lipinski definition) is 4. The van der Waals surface area contributed by atoms with E-state index in [0.29, 0.717) is 42.4 Å². The zero-order valence-electron chi connectivity index (χ0n) is 32.5. The van der Waals surface area contributed by atoms with Crippen LogP contribution in [0.4, 0.5) is 4.79 Å². The molecule has 0 aromatic rings. The Morgan fingerprint density at radius 2 is 1.38 bits per heavy atom. The van der Waals surface area contributed by atoms with E-state index in [1.165, 1.54) is 19.3 Å².